The largest absolute Gasteiger partial charge is 0.352 e. The molecule has 0 aromatic heterocycles. The molecule has 0 radical (unpaired) electrons. The van der Waals surface area contributed by atoms with Crippen LogP contribution in [-0.2, 0) is 9.59 Å². The maximum atomic E-state index is 12.8. The van der Waals surface area contributed by atoms with Gasteiger partial charge in [-0.05, 0) is 50.5 Å². The van der Waals surface area contributed by atoms with Crippen molar-refractivity contribution >= 4 is 29.4 Å². The van der Waals surface area contributed by atoms with E-state index in [-0.39, 0.29) is 11.8 Å². The fourth-order valence-corrected chi connectivity index (χ4v) is 3.72. The van der Waals surface area contributed by atoms with E-state index >= 15 is 0 Å². The van der Waals surface area contributed by atoms with Crippen molar-refractivity contribution in [1.29, 1.82) is 0 Å². The second-order valence-electron chi connectivity index (χ2n) is 7.39. The summed E-state index contributed by atoms with van der Waals surface area (Å²) in [4.78, 5) is 50.6. The van der Waals surface area contributed by atoms with Crippen LogP contribution in [0, 0.1) is 0 Å². The molecule has 1 aliphatic carbocycles. The smallest absolute Gasteiger partial charge is 0.325 e. The lowest BCUT2D eigenvalue weighted by atomic mass is 9.97. The van der Waals surface area contributed by atoms with E-state index in [1.807, 2.05) is 6.92 Å². The van der Waals surface area contributed by atoms with Crippen molar-refractivity contribution in [3.05, 3.63) is 29.8 Å². The first-order valence-electron chi connectivity index (χ1n) is 9.73. The number of hydrogen-bond donors (Lipinski definition) is 3. The van der Waals surface area contributed by atoms with Crippen LogP contribution >= 0.6 is 0 Å². The summed E-state index contributed by atoms with van der Waals surface area (Å²) in [6.07, 6.45) is 3.85. The highest BCUT2D eigenvalue weighted by molar-refractivity contribution is 6.11. The minimum absolute atomic E-state index is 0.172. The number of benzene rings is 1. The van der Waals surface area contributed by atoms with Crippen LogP contribution in [0.2, 0.25) is 0 Å². The highest BCUT2D eigenvalue weighted by atomic mass is 16.2. The van der Waals surface area contributed by atoms with Gasteiger partial charge in [0.1, 0.15) is 11.6 Å². The summed E-state index contributed by atoms with van der Waals surface area (Å²) in [6.45, 7) is 4.11. The number of nitrogens with one attached hydrogen (secondary N) is 3. The maximum Gasteiger partial charge on any atom is 0.325 e. The molecule has 3 N–H and O–H groups in total. The zero-order valence-corrected chi connectivity index (χ0v) is 16.2. The molecule has 1 saturated heterocycles. The van der Waals surface area contributed by atoms with E-state index in [1.54, 1.807) is 24.3 Å². The topological polar surface area (TPSA) is 108 Å². The number of carbonyl (C=O) groups is 4. The zero-order valence-electron chi connectivity index (χ0n) is 16.2. The second kappa shape index (κ2) is 8.00. The number of rotatable bonds is 6. The number of urea groups is 1. The van der Waals surface area contributed by atoms with Gasteiger partial charge in [0.2, 0.25) is 5.91 Å². The van der Waals surface area contributed by atoms with E-state index < -0.39 is 23.5 Å². The normalized spacial score (nSPS) is 18.9. The third-order valence-electron chi connectivity index (χ3n) is 5.37. The first kappa shape index (κ1) is 19.9. The monoisotopic (exact) mass is 386 g/mol. The minimum Gasteiger partial charge on any atom is -0.352 e. The van der Waals surface area contributed by atoms with Crippen molar-refractivity contribution in [3.63, 3.8) is 0 Å². The van der Waals surface area contributed by atoms with Gasteiger partial charge in [-0.1, -0.05) is 19.8 Å². The van der Waals surface area contributed by atoms with E-state index in [9.17, 15) is 19.2 Å². The SMILES string of the molecule is CCCNC(=O)c1ccc(NC(=O)C(C)N2C(=O)NC3(CCCC3)C2=O)cc1. The molecule has 1 atom stereocenters. The van der Waals surface area contributed by atoms with Crippen molar-refractivity contribution in [2.75, 3.05) is 11.9 Å². The van der Waals surface area contributed by atoms with Gasteiger partial charge in [-0.25, -0.2) is 9.69 Å². The molecular formula is C20H26N4O4. The number of nitrogens with zero attached hydrogens (tertiary/aromatic N) is 1. The molecule has 8 heteroatoms. The first-order chi connectivity index (χ1) is 13.4. The Bertz CT molecular complexity index is 784. The molecule has 1 spiro atoms. The van der Waals surface area contributed by atoms with E-state index in [1.165, 1.54) is 6.92 Å². The average Bonchev–Trinajstić information content (AvgIpc) is 3.24. The number of amides is 5. The van der Waals surface area contributed by atoms with Gasteiger partial charge in [-0.15, -0.1) is 0 Å². The summed E-state index contributed by atoms with van der Waals surface area (Å²) in [5, 5.41) is 8.26. The Morgan fingerprint density at radius 3 is 2.43 bits per heavy atom. The molecule has 1 saturated carbocycles. The molecule has 5 amide bonds. The molecule has 3 rings (SSSR count). The molecule has 150 valence electrons. The van der Waals surface area contributed by atoms with E-state index in [2.05, 4.69) is 16.0 Å². The van der Waals surface area contributed by atoms with Crippen molar-refractivity contribution in [1.82, 2.24) is 15.5 Å². The number of anilines is 1. The van der Waals surface area contributed by atoms with Gasteiger partial charge in [0.05, 0.1) is 0 Å². The number of carbonyl (C=O) groups excluding carboxylic acids is 4. The Labute approximate surface area is 164 Å². The van der Waals surface area contributed by atoms with Crippen LogP contribution in [0.5, 0.6) is 0 Å². The minimum atomic E-state index is -0.931. The molecule has 1 heterocycles. The lowest BCUT2D eigenvalue weighted by Crippen LogP contribution is -2.48. The summed E-state index contributed by atoms with van der Waals surface area (Å²) in [5.41, 5.74) is 0.155. The van der Waals surface area contributed by atoms with Crippen LogP contribution in [0.15, 0.2) is 24.3 Å². The maximum absolute atomic E-state index is 12.8. The molecular weight excluding hydrogens is 360 g/mol. The van der Waals surface area contributed by atoms with E-state index in [0.717, 1.165) is 24.2 Å². The second-order valence-corrected chi connectivity index (χ2v) is 7.39. The fourth-order valence-electron chi connectivity index (χ4n) is 3.72. The van der Waals surface area contributed by atoms with Crippen LogP contribution < -0.4 is 16.0 Å². The average molecular weight is 386 g/mol. The van der Waals surface area contributed by atoms with Gasteiger partial charge in [-0.3, -0.25) is 14.4 Å². The zero-order chi connectivity index (χ0) is 20.3. The van der Waals surface area contributed by atoms with Crippen LogP contribution in [0.1, 0.15) is 56.3 Å². The van der Waals surface area contributed by atoms with E-state index in [4.69, 9.17) is 0 Å². The summed E-state index contributed by atoms with van der Waals surface area (Å²) in [7, 11) is 0. The Hall–Kier alpha value is -2.90. The van der Waals surface area contributed by atoms with Gasteiger partial charge >= 0.3 is 6.03 Å². The van der Waals surface area contributed by atoms with Crippen molar-refractivity contribution < 1.29 is 19.2 Å². The molecule has 1 aromatic rings. The summed E-state index contributed by atoms with van der Waals surface area (Å²) in [6, 6.07) is 5.03. The van der Waals surface area contributed by atoms with Gasteiger partial charge in [0, 0.05) is 17.8 Å². The Morgan fingerprint density at radius 1 is 1.18 bits per heavy atom. The molecule has 0 bridgehead atoms. The Morgan fingerprint density at radius 2 is 1.82 bits per heavy atom. The summed E-state index contributed by atoms with van der Waals surface area (Å²) in [5.74, 6) is -0.948. The standard InChI is InChI=1S/C20H26N4O4/c1-3-12-21-17(26)14-6-8-15(9-7-14)22-16(25)13(2)24-18(27)20(23-19(24)28)10-4-5-11-20/h6-9,13H,3-5,10-12H2,1-2H3,(H,21,26)(H,22,25)(H,23,28). The van der Waals surface area contributed by atoms with Gasteiger partial charge in [0.15, 0.2) is 0 Å². The van der Waals surface area contributed by atoms with Gasteiger partial charge < -0.3 is 16.0 Å². The van der Waals surface area contributed by atoms with Crippen LogP contribution in [0.4, 0.5) is 10.5 Å². The summed E-state index contributed by atoms with van der Waals surface area (Å²) >= 11 is 0. The molecule has 8 nitrogen and oxygen atoms in total. The highest BCUT2D eigenvalue weighted by Crippen LogP contribution is 2.35. The number of hydrogen-bond acceptors (Lipinski definition) is 4. The third-order valence-corrected chi connectivity index (χ3v) is 5.37. The quantitative estimate of drug-likeness (QED) is 0.650. The van der Waals surface area contributed by atoms with Crippen LogP contribution in [0.3, 0.4) is 0 Å². The molecule has 2 aliphatic rings. The Kier molecular flexibility index (Phi) is 5.67. The molecule has 1 aromatic carbocycles. The molecule has 28 heavy (non-hydrogen) atoms. The van der Waals surface area contributed by atoms with Gasteiger partial charge in [0.25, 0.3) is 11.8 Å². The molecule has 2 fully saturated rings. The van der Waals surface area contributed by atoms with Gasteiger partial charge in [-0.2, -0.15) is 0 Å². The Balaban J connectivity index is 1.63. The fraction of sp³-hybridized carbons (Fsp3) is 0.500. The first-order valence-corrected chi connectivity index (χ1v) is 9.73. The lowest BCUT2D eigenvalue weighted by molar-refractivity contribution is -0.136. The predicted octanol–water partition coefficient (Wildman–Crippen LogP) is 2.02. The van der Waals surface area contributed by atoms with Crippen LogP contribution in [-0.4, -0.2) is 46.8 Å². The predicted molar refractivity (Wildman–Crippen MR) is 104 cm³/mol. The third kappa shape index (κ3) is 3.72. The number of imide groups is 1. The highest BCUT2D eigenvalue weighted by Gasteiger charge is 2.54. The van der Waals surface area contributed by atoms with Crippen LogP contribution in [0.25, 0.3) is 0 Å². The summed E-state index contributed by atoms with van der Waals surface area (Å²) < 4.78 is 0. The van der Waals surface area contributed by atoms with E-state index in [0.29, 0.717) is 30.6 Å². The van der Waals surface area contributed by atoms with Crippen molar-refractivity contribution in [2.45, 2.75) is 57.5 Å². The lowest BCUT2D eigenvalue weighted by Gasteiger charge is -2.23. The van der Waals surface area contributed by atoms with Crippen molar-refractivity contribution in [2.24, 2.45) is 0 Å². The molecule has 1 unspecified atom stereocenters. The molecule has 1 aliphatic heterocycles. The van der Waals surface area contributed by atoms with Crippen molar-refractivity contribution in [3.8, 4) is 0 Å².